The Balaban J connectivity index is 2.32. The second kappa shape index (κ2) is 6.86. The van der Waals surface area contributed by atoms with Gasteiger partial charge in [0.15, 0.2) is 0 Å². The molecule has 0 radical (unpaired) electrons. The van der Waals surface area contributed by atoms with E-state index in [1.54, 1.807) is 10.6 Å². The van der Waals surface area contributed by atoms with Crippen molar-refractivity contribution in [2.75, 3.05) is 13.1 Å². The number of rotatable bonds is 6. The quantitative estimate of drug-likeness (QED) is 0.814. The molecule has 1 aromatic heterocycles. The minimum Gasteiger partial charge on any atom is -0.315 e. The molecule has 3 nitrogen and oxygen atoms in total. The number of nitrogens with zero attached hydrogens (tertiary/aromatic N) is 1. The third-order valence-corrected chi connectivity index (χ3v) is 3.01. The molecule has 0 spiro atoms. The van der Waals surface area contributed by atoms with Gasteiger partial charge in [0.25, 0.3) is 5.56 Å². The number of hydrogen-bond donors (Lipinski definition) is 1. The predicted octanol–water partition coefficient (Wildman–Crippen LogP) is 2.25. The highest BCUT2D eigenvalue weighted by molar-refractivity contribution is 9.10. The summed E-state index contributed by atoms with van der Waals surface area (Å²) in [5.41, 5.74) is 0.0353. The summed E-state index contributed by atoms with van der Waals surface area (Å²) in [6.45, 7) is 6.99. The molecular formula is C12H19BrN2O. The molecular weight excluding hydrogens is 268 g/mol. The first-order valence-electron chi connectivity index (χ1n) is 5.67. The first-order chi connectivity index (χ1) is 7.61. The van der Waals surface area contributed by atoms with Crippen LogP contribution in [0.3, 0.4) is 0 Å². The molecule has 0 unspecified atom stereocenters. The van der Waals surface area contributed by atoms with Crippen molar-refractivity contribution in [1.82, 2.24) is 9.88 Å². The summed E-state index contributed by atoms with van der Waals surface area (Å²) in [6, 6.07) is 3.64. The molecule has 0 aliphatic heterocycles. The van der Waals surface area contributed by atoms with Crippen LogP contribution in [0.15, 0.2) is 27.6 Å². The van der Waals surface area contributed by atoms with Gasteiger partial charge in [-0.15, -0.1) is 0 Å². The van der Waals surface area contributed by atoms with Gasteiger partial charge in [-0.25, -0.2) is 0 Å². The number of halogens is 1. The van der Waals surface area contributed by atoms with Crippen LogP contribution in [0.4, 0.5) is 0 Å². The van der Waals surface area contributed by atoms with Crippen LogP contribution in [0.25, 0.3) is 0 Å². The first kappa shape index (κ1) is 13.5. The summed E-state index contributed by atoms with van der Waals surface area (Å²) in [5.74, 6) is 0.723. The van der Waals surface area contributed by atoms with Crippen molar-refractivity contribution in [3.05, 3.63) is 33.2 Å². The van der Waals surface area contributed by atoms with Crippen LogP contribution in [0, 0.1) is 5.92 Å². The molecule has 0 aliphatic carbocycles. The molecule has 1 heterocycles. The van der Waals surface area contributed by atoms with Gasteiger partial charge < -0.3 is 9.88 Å². The second-order valence-corrected chi connectivity index (χ2v) is 5.14. The van der Waals surface area contributed by atoms with E-state index in [2.05, 4.69) is 35.1 Å². The predicted molar refractivity (Wildman–Crippen MR) is 70.7 cm³/mol. The highest BCUT2D eigenvalue weighted by Gasteiger charge is 1.99. The van der Waals surface area contributed by atoms with Gasteiger partial charge in [0.05, 0.1) is 4.47 Å². The number of nitrogens with one attached hydrogen (secondary N) is 1. The zero-order valence-corrected chi connectivity index (χ0v) is 11.5. The van der Waals surface area contributed by atoms with Crippen LogP contribution in [0.1, 0.15) is 20.3 Å². The van der Waals surface area contributed by atoms with E-state index in [-0.39, 0.29) is 5.56 Å². The van der Waals surface area contributed by atoms with Crippen molar-refractivity contribution >= 4 is 15.9 Å². The van der Waals surface area contributed by atoms with E-state index >= 15 is 0 Å². The second-order valence-electron chi connectivity index (χ2n) is 4.29. The smallest absolute Gasteiger partial charge is 0.264 e. The maximum Gasteiger partial charge on any atom is 0.264 e. The summed E-state index contributed by atoms with van der Waals surface area (Å²) in [4.78, 5) is 11.6. The Kier molecular flexibility index (Phi) is 5.77. The van der Waals surface area contributed by atoms with Gasteiger partial charge in [-0.1, -0.05) is 13.8 Å². The van der Waals surface area contributed by atoms with Gasteiger partial charge in [0, 0.05) is 19.3 Å². The average Bonchev–Trinajstić information content (AvgIpc) is 2.23. The van der Waals surface area contributed by atoms with E-state index in [1.165, 1.54) is 6.42 Å². The largest absolute Gasteiger partial charge is 0.315 e. The molecule has 0 amide bonds. The molecule has 0 saturated carbocycles. The minimum atomic E-state index is 0.0353. The Bertz CT molecular complexity index is 374. The number of aromatic nitrogens is 1. The first-order valence-corrected chi connectivity index (χ1v) is 6.46. The fraction of sp³-hybridized carbons (Fsp3) is 0.583. The summed E-state index contributed by atoms with van der Waals surface area (Å²) < 4.78 is 2.34. The topological polar surface area (TPSA) is 34.0 Å². The Morgan fingerprint density at radius 1 is 1.44 bits per heavy atom. The molecule has 90 valence electrons. The van der Waals surface area contributed by atoms with Crippen LogP contribution in [0.5, 0.6) is 0 Å². The maximum absolute atomic E-state index is 11.6. The van der Waals surface area contributed by atoms with Crippen LogP contribution in [0.2, 0.25) is 0 Å². The van der Waals surface area contributed by atoms with E-state index in [0.717, 1.165) is 25.6 Å². The molecule has 0 fully saturated rings. The number of pyridine rings is 1. The summed E-state index contributed by atoms with van der Waals surface area (Å²) >= 11 is 3.23. The average molecular weight is 287 g/mol. The van der Waals surface area contributed by atoms with Gasteiger partial charge in [-0.2, -0.15) is 0 Å². The molecule has 4 heteroatoms. The normalized spacial score (nSPS) is 11.0. The Morgan fingerprint density at radius 2 is 2.19 bits per heavy atom. The van der Waals surface area contributed by atoms with Crippen molar-refractivity contribution in [3.63, 3.8) is 0 Å². The van der Waals surface area contributed by atoms with Crippen molar-refractivity contribution in [3.8, 4) is 0 Å². The van der Waals surface area contributed by atoms with Crippen LogP contribution >= 0.6 is 15.9 Å². The van der Waals surface area contributed by atoms with E-state index in [1.807, 2.05) is 12.3 Å². The molecule has 0 bridgehead atoms. The van der Waals surface area contributed by atoms with E-state index in [9.17, 15) is 4.79 Å². The maximum atomic E-state index is 11.6. The summed E-state index contributed by atoms with van der Waals surface area (Å²) in [5, 5.41) is 3.34. The van der Waals surface area contributed by atoms with Crippen LogP contribution in [-0.4, -0.2) is 17.7 Å². The van der Waals surface area contributed by atoms with Gasteiger partial charge in [-0.3, -0.25) is 4.79 Å². The van der Waals surface area contributed by atoms with Crippen molar-refractivity contribution in [2.45, 2.75) is 26.8 Å². The summed E-state index contributed by atoms with van der Waals surface area (Å²) in [6.07, 6.45) is 2.99. The monoisotopic (exact) mass is 286 g/mol. The fourth-order valence-corrected chi connectivity index (χ4v) is 1.78. The fourth-order valence-electron chi connectivity index (χ4n) is 1.40. The van der Waals surface area contributed by atoms with Crippen molar-refractivity contribution < 1.29 is 0 Å². The molecule has 1 aromatic rings. The lowest BCUT2D eigenvalue weighted by Crippen LogP contribution is -2.27. The van der Waals surface area contributed by atoms with Gasteiger partial charge >= 0.3 is 0 Å². The van der Waals surface area contributed by atoms with Gasteiger partial charge in [0.2, 0.25) is 0 Å². The lowest BCUT2D eigenvalue weighted by atomic mass is 10.1. The zero-order chi connectivity index (χ0) is 12.0. The van der Waals surface area contributed by atoms with E-state index in [0.29, 0.717) is 4.47 Å². The van der Waals surface area contributed by atoms with Crippen LogP contribution in [-0.2, 0) is 6.54 Å². The third kappa shape index (κ3) is 4.49. The highest BCUT2D eigenvalue weighted by atomic mass is 79.9. The minimum absolute atomic E-state index is 0.0353. The molecule has 0 saturated heterocycles. The van der Waals surface area contributed by atoms with Crippen LogP contribution < -0.4 is 10.9 Å². The number of hydrogen-bond acceptors (Lipinski definition) is 2. The molecule has 0 aromatic carbocycles. The van der Waals surface area contributed by atoms with E-state index < -0.39 is 0 Å². The summed E-state index contributed by atoms with van der Waals surface area (Å²) in [7, 11) is 0. The SMILES string of the molecule is CC(C)CCNCCn1cccc(Br)c1=O. The Morgan fingerprint density at radius 3 is 2.88 bits per heavy atom. The Labute approximate surface area is 105 Å². The molecule has 1 N–H and O–H groups in total. The molecule has 16 heavy (non-hydrogen) atoms. The third-order valence-electron chi connectivity index (χ3n) is 2.40. The zero-order valence-electron chi connectivity index (χ0n) is 9.87. The van der Waals surface area contributed by atoms with Crippen molar-refractivity contribution in [2.24, 2.45) is 5.92 Å². The lowest BCUT2D eigenvalue weighted by molar-refractivity contribution is 0.515. The molecule has 1 rings (SSSR count). The highest BCUT2D eigenvalue weighted by Crippen LogP contribution is 2.00. The molecule has 0 aliphatic rings. The van der Waals surface area contributed by atoms with Crippen molar-refractivity contribution in [1.29, 1.82) is 0 Å². The van der Waals surface area contributed by atoms with Gasteiger partial charge in [-0.05, 0) is 46.9 Å². The van der Waals surface area contributed by atoms with E-state index in [4.69, 9.17) is 0 Å². The Hall–Kier alpha value is -0.610. The standard InChI is InChI=1S/C12H19BrN2O/c1-10(2)5-6-14-7-9-15-8-3-4-11(13)12(15)16/h3-4,8,10,14H,5-7,9H2,1-2H3. The molecule has 0 atom stereocenters. The van der Waals surface area contributed by atoms with Gasteiger partial charge in [0.1, 0.15) is 0 Å². The lowest BCUT2D eigenvalue weighted by Gasteiger charge is -2.08.